The lowest BCUT2D eigenvalue weighted by Crippen LogP contribution is -2.37. The fourth-order valence-electron chi connectivity index (χ4n) is 2.77. The summed E-state index contributed by atoms with van der Waals surface area (Å²) in [7, 11) is -4.28. The van der Waals surface area contributed by atoms with E-state index in [1.165, 1.54) is 11.6 Å². The summed E-state index contributed by atoms with van der Waals surface area (Å²) in [5.41, 5.74) is 2.99. The molecule has 0 fully saturated rings. The van der Waals surface area contributed by atoms with Crippen LogP contribution in [0.15, 0.2) is 42.5 Å². The van der Waals surface area contributed by atoms with Crippen LogP contribution in [0, 0.1) is 0 Å². The highest BCUT2D eigenvalue weighted by atomic mass is 35.5. The summed E-state index contributed by atoms with van der Waals surface area (Å²) in [5.74, 6) is 0. The van der Waals surface area contributed by atoms with E-state index < -0.39 is 7.60 Å². The molecule has 2 heterocycles. The molecule has 0 radical (unpaired) electrons. The number of aromatic nitrogens is 1. The van der Waals surface area contributed by atoms with Gasteiger partial charge in [0.1, 0.15) is 0 Å². The standard InChI is InChI=1S/C16H19N2O3P.ClH/c19-22(20,21)16-9-7-13-11-17-14(10-15(13)18-16)8-6-12-4-2-1-3-5-12;/h1-5,7,9,14,17H,6,8,10-11H2,(H2,19,20,21);1H. The average molecular weight is 355 g/mol. The number of rotatable bonds is 4. The Morgan fingerprint density at radius 3 is 2.61 bits per heavy atom. The topological polar surface area (TPSA) is 82.5 Å². The third-order valence-electron chi connectivity index (χ3n) is 4.00. The minimum absolute atomic E-state index is 0. The Hall–Kier alpha value is -1.23. The SMILES string of the molecule is Cl.O=P(O)(O)c1ccc2c(n1)CC(CCc1ccccc1)NC2. The van der Waals surface area contributed by atoms with Crippen molar-refractivity contribution in [3.8, 4) is 0 Å². The van der Waals surface area contributed by atoms with Crippen LogP contribution in [0.25, 0.3) is 0 Å². The predicted molar refractivity (Wildman–Crippen MR) is 92.3 cm³/mol. The van der Waals surface area contributed by atoms with Crippen LogP contribution >= 0.6 is 20.0 Å². The van der Waals surface area contributed by atoms with Gasteiger partial charge in [0.2, 0.25) is 0 Å². The van der Waals surface area contributed by atoms with Crippen molar-refractivity contribution >= 4 is 25.4 Å². The van der Waals surface area contributed by atoms with Crippen LogP contribution in [0.4, 0.5) is 0 Å². The number of fused-ring (bicyclic) bond motifs is 1. The molecular weight excluding hydrogens is 335 g/mol. The van der Waals surface area contributed by atoms with E-state index in [4.69, 9.17) is 0 Å². The number of aryl methyl sites for hydroxylation is 1. The lowest BCUT2D eigenvalue weighted by Gasteiger charge is -2.26. The Morgan fingerprint density at radius 2 is 1.91 bits per heavy atom. The first kappa shape index (κ1) is 18.1. The van der Waals surface area contributed by atoms with Crippen LogP contribution in [-0.2, 0) is 24.0 Å². The van der Waals surface area contributed by atoms with E-state index in [1.54, 1.807) is 6.07 Å². The van der Waals surface area contributed by atoms with Crippen LogP contribution in [0.2, 0.25) is 0 Å². The maximum Gasteiger partial charge on any atom is 0.374 e. The van der Waals surface area contributed by atoms with Crippen LogP contribution in [0.3, 0.4) is 0 Å². The Morgan fingerprint density at radius 1 is 1.17 bits per heavy atom. The van der Waals surface area contributed by atoms with Crippen molar-refractivity contribution in [3.63, 3.8) is 0 Å². The number of halogens is 1. The third-order valence-corrected chi connectivity index (χ3v) is 4.84. The zero-order chi connectivity index (χ0) is 15.6. The molecule has 0 bridgehead atoms. The summed E-state index contributed by atoms with van der Waals surface area (Å²) in [6.07, 6.45) is 2.66. The Labute approximate surface area is 141 Å². The molecule has 0 aliphatic carbocycles. The molecule has 0 saturated heterocycles. The number of nitrogens with zero attached hydrogens (tertiary/aromatic N) is 1. The zero-order valence-electron chi connectivity index (χ0n) is 12.6. The monoisotopic (exact) mass is 354 g/mol. The summed E-state index contributed by atoms with van der Waals surface area (Å²) in [6, 6.07) is 13.8. The van der Waals surface area contributed by atoms with E-state index in [9.17, 15) is 14.4 Å². The quantitative estimate of drug-likeness (QED) is 0.731. The normalized spacial score (nSPS) is 17.2. The van der Waals surface area contributed by atoms with Crippen molar-refractivity contribution in [2.45, 2.75) is 31.8 Å². The van der Waals surface area contributed by atoms with Crippen molar-refractivity contribution in [1.82, 2.24) is 10.3 Å². The minimum atomic E-state index is -4.28. The van der Waals surface area contributed by atoms with Crippen molar-refractivity contribution in [2.24, 2.45) is 0 Å². The summed E-state index contributed by atoms with van der Waals surface area (Å²) < 4.78 is 11.3. The Balaban J connectivity index is 0.00000192. The van der Waals surface area contributed by atoms with Crippen molar-refractivity contribution in [1.29, 1.82) is 0 Å². The lowest BCUT2D eigenvalue weighted by atomic mass is 9.96. The highest BCUT2D eigenvalue weighted by molar-refractivity contribution is 7.60. The molecule has 1 aromatic heterocycles. The van der Waals surface area contributed by atoms with Crippen molar-refractivity contribution in [2.75, 3.05) is 0 Å². The number of hydrogen-bond acceptors (Lipinski definition) is 3. The predicted octanol–water partition coefficient (Wildman–Crippen LogP) is 1.95. The molecule has 3 N–H and O–H groups in total. The first-order chi connectivity index (χ1) is 10.5. The largest absolute Gasteiger partial charge is 0.374 e. The molecule has 1 atom stereocenters. The smallest absolute Gasteiger partial charge is 0.320 e. The van der Waals surface area contributed by atoms with Gasteiger partial charge in [-0.2, -0.15) is 0 Å². The van der Waals surface area contributed by atoms with Crippen LogP contribution in [0.1, 0.15) is 23.2 Å². The number of nitrogens with one attached hydrogen (secondary N) is 1. The van der Waals surface area contributed by atoms with E-state index in [0.717, 1.165) is 24.1 Å². The van der Waals surface area contributed by atoms with Gasteiger partial charge in [0.05, 0.1) is 0 Å². The first-order valence-electron chi connectivity index (χ1n) is 7.34. The second kappa shape index (κ2) is 7.56. The first-order valence-corrected chi connectivity index (χ1v) is 8.96. The second-order valence-corrected chi connectivity index (χ2v) is 7.17. The highest BCUT2D eigenvalue weighted by Crippen LogP contribution is 2.32. The zero-order valence-corrected chi connectivity index (χ0v) is 14.3. The molecule has 7 heteroatoms. The summed E-state index contributed by atoms with van der Waals surface area (Å²) in [5, 5.41) is 3.47. The number of benzene rings is 1. The van der Waals surface area contributed by atoms with Crippen molar-refractivity contribution < 1.29 is 14.4 Å². The Bertz CT molecular complexity index is 706. The van der Waals surface area contributed by atoms with Gasteiger partial charge in [-0.1, -0.05) is 36.4 Å². The van der Waals surface area contributed by atoms with Gasteiger partial charge in [-0.05, 0) is 30.0 Å². The van der Waals surface area contributed by atoms with Gasteiger partial charge in [-0.25, -0.2) is 4.98 Å². The fourth-order valence-corrected chi connectivity index (χ4v) is 3.29. The van der Waals surface area contributed by atoms with Gasteiger partial charge in [0, 0.05) is 24.7 Å². The second-order valence-electron chi connectivity index (χ2n) is 5.63. The van der Waals surface area contributed by atoms with Crippen LogP contribution < -0.4 is 10.8 Å². The third kappa shape index (κ3) is 4.63. The molecule has 1 aromatic carbocycles. The highest BCUT2D eigenvalue weighted by Gasteiger charge is 2.24. The lowest BCUT2D eigenvalue weighted by molar-refractivity contribution is 0.385. The molecule has 0 saturated carbocycles. The van der Waals surface area contributed by atoms with Gasteiger partial charge < -0.3 is 15.1 Å². The van der Waals surface area contributed by atoms with E-state index in [2.05, 4.69) is 22.4 Å². The maximum atomic E-state index is 11.3. The van der Waals surface area contributed by atoms with Gasteiger partial charge in [-0.3, -0.25) is 4.57 Å². The molecule has 1 aliphatic rings. The summed E-state index contributed by atoms with van der Waals surface area (Å²) in [6.45, 7) is 0.698. The molecule has 1 unspecified atom stereocenters. The van der Waals surface area contributed by atoms with Crippen LogP contribution in [-0.4, -0.2) is 20.8 Å². The van der Waals surface area contributed by atoms with Crippen LogP contribution in [0.5, 0.6) is 0 Å². The molecule has 0 spiro atoms. The van der Waals surface area contributed by atoms with E-state index in [-0.39, 0.29) is 23.9 Å². The molecule has 124 valence electrons. The van der Waals surface area contributed by atoms with Gasteiger partial charge in [0.25, 0.3) is 0 Å². The van der Waals surface area contributed by atoms with Gasteiger partial charge >= 0.3 is 7.60 Å². The van der Waals surface area contributed by atoms with E-state index in [0.29, 0.717) is 13.0 Å². The van der Waals surface area contributed by atoms with E-state index in [1.807, 2.05) is 18.2 Å². The average Bonchev–Trinajstić information content (AvgIpc) is 2.52. The minimum Gasteiger partial charge on any atom is -0.320 e. The number of hydrogen-bond donors (Lipinski definition) is 3. The molecule has 23 heavy (non-hydrogen) atoms. The maximum absolute atomic E-state index is 11.3. The molecule has 1 aliphatic heterocycles. The molecule has 5 nitrogen and oxygen atoms in total. The number of pyridine rings is 1. The summed E-state index contributed by atoms with van der Waals surface area (Å²) in [4.78, 5) is 22.7. The fraction of sp³-hybridized carbons (Fsp3) is 0.312. The molecular formula is C16H20ClN2O3P. The van der Waals surface area contributed by atoms with E-state index >= 15 is 0 Å². The molecule has 2 aromatic rings. The van der Waals surface area contributed by atoms with Crippen molar-refractivity contribution in [3.05, 3.63) is 59.3 Å². The molecule has 0 amide bonds. The molecule has 3 rings (SSSR count). The van der Waals surface area contributed by atoms with Gasteiger partial charge in [-0.15, -0.1) is 12.4 Å². The van der Waals surface area contributed by atoms with Gasteiger partial charge in [0.15, 0.2) is 5.44 Å². The summed E-state index contributed by atoms with van der Waals surface area (Å²) >= 11 is 0. The Kier molecular flexibility index (Phi) is 5.95.